The standard InChI is InChI=1S/C16H16Cl3NO/c1-10(20-2)11-6-7-16(15(19)8-11)21-9-12-13(17)4-3-5-14(12)18/h3-8,10,20H,9H2,1-2H3. The third-order valence-electron chi connectivity index (χ3n) is 3.32. The molecule has 0 amide bonds. The number of ether oxygens (including phenoxy) is 1. The lowest BCUT2D eigenvalue weighted by Gasteiger charge is -2.14. The minimum atomic E-state index is 0.231. The van der Waals surface area contributed by atoms with E-state index in [1.807, 2.05) is 25.2 Å². The van der Waals surface area contributed by atoms with Crippen LogP contribution in [0.15, 0.2) is 36.4 Å². The van der Waals surface area contributed by atoms with Crippen LogP contribution in [0, 0.1) is 0 Å². The average molecular weight is 345 g/mol. The molecule has 2 aromatic carbocycles. The first-order valence-electron chi connectivity index (χ1n) is 6.55. The molecule has 0 aliphatic carbocycles. The lowest BCUT2D eigenvalue weighted by Crippen LogP contribution is -2.12. The number of benzene rings is 2. The Morgan fingerprint density at radius 3 is 2.29 bits per heavy atom. The van der Waals surface area contributed by atoms with E-state index in [0.717, 1.165) is 11.1 Å². The van der Waals surface area contributed by atoms with Crippen LogP contribution in [0.4, 0.5) is 0 Å². The Hall–Kier alpha value is -0.930. The van der Waals surface area contributed by atoms with Gasteiger partial charge in [-0.25, -0.2) is 0 Å². The van der Waals surface area contributed by atoms with Crippen molar-refractivity contribution in [2.75, 3.05) is 7.05 Å². The van der Waals surface area contributed by atoms with Crippen molar-refractivity contribution < 1.29 is 4.74 Å². The number of hydrogen-bond donors (Lipinski definition) is 1. The summed E-state index contributed by atoms with van der Waals surface area (Å²) in [4.78, 5) is 0. The Bertz CT molecular complexity index is 611. The average Bonchev–Trinajstić information content (AvgIpc) is 2.47. The third kappa shape index (κ3) is 4.04. The normalized spacial score (nSPS) is 12.2. The highest BCUT2D eigenvalue weighted by atomic mass is 35.5. The zero-order valence-corrected chi connectivity index (χ0v) is 14.1. The fraction of sp³-hybridized carbons (Fsp3) is 0.250. The maximum atomic E-state index is 6.26. The van der Waals surface area contributed by atoms with Gasteiger partial charge < -0.3 is 10.1 Å². The molecule has 0 saturated heterocycles. The Morgan fingerprint density at radius 2 is 1.71 bits per heavy atom. The van der Waals surface area contributed by atoms with Gasteiger partial charge in [0.25, 0.3) is 0 Å². The molecule has 21 heavy (non-hydrogen) atoms. The van der Waals surface area contributed by atoms with Gasteiger partial charge in [-0.3, -0.25) is 0 Å². The third-order valence-corrected chi connectivity index (χ3v) is 4.33. The Balaban J connectivity index is 2.14. The number of nitrogens with one attached hydrogen (secondary N) is 1. The Morgan fingerprint density at radius 1 is 1.05 bits per heavy atom. The van der Waals surface area contributed by atoms with E-state index in [4.69, 9.17) is 39.5 Å². The largest absolute Gasteiger partial charge is 0.487 e. The molecule has 0 aliphatic rings. The number of rotatable bonds is 5. The summed E-state index contributed by atoms with van der Waals surface area (Å²) in [6.45, 7) is 2.34. The van der Waals surface area contributed by atoms with Gasteiger partial charge in [-0.15, -0.1) is 0 Å². The van der Waals surface area contributed by atoms with Gasteiger partial charge in [0.15, 0.2) is 0 Å². The highest BCUT2D eigenvalue weighted by Gasteiger charge is 2.10. The predicted molar refractivity (Wildman–Crippen MR) is 89.7 cm³/mol. The fourth-order valence-corrected chi connectivity index (χ4v) is 2.64. The first-order valence-corrected chi connectivity index (χ1v) is 7.68. The van der Waals surface area contributed by atoms with Gasteiger partial charge in [0.2, 0.25) is 0 Å². The van der Waals surface area contributed by atoms with Crippen LogP contribution in [-0.2, 0) is 6.61 Å². The maximum absolute atomic E-state index is 6.26. The zero-order valence-electron chi connectivity index (χ0n) is 11.8. The van der Waals surface area contributed by atoms with Gasteiger partial charge in [-0.2, -0.15) is 0 Å². The first kappa shape index (κ1) is 16.4. The molecule has 0 bridgehead atoms. The second-order valence-electron chi connectivity index (χ2n) is 4.69. The molecule has 1 atom stereocenters. The van der Waals surface area contributed by atoms with Crippen molar-refractivity contribution in [1.82, 2.24) is 5.32 Å². The molecule has 0 radical (unpaired) electrons. The van der Waals surface area contributed by atoms with E-state index in [0.29, 0.717) is 20.8 Å². The lowest BCUT2D eigenvalue weighted by atomic mass is 10.1. The van der Waals surface area contributed by atoms with Crippen LogP contribution in [0.1, 0.15) is 24.1 Å². The predicted octanol–water partition coefficient (Wildman–Crippen LogP) is 5.51. The van der Waals surface area contributed by atoms with Crippen LogP contribution in [0.25, 0.3) is 0 Å². The molecular formula is C16H16Cl3NO. The van der Waals surface area contributed by atoms with Crippen molar-refractivity contribution in [3.05, 3.63) is 62.6 Å². The van der Waals surface area contributed by atoms with Crippen LogP contribution >= 0.6 is 34.8 Å². The van der Waals surface area contributed by atoms with Crippen molar-refractivity contribution in [2.24, 2.45) is 0 Å². The summed E-state index contributed by atoms with van der Waals surface area (Å²) in [5, 5.41) is 4.90. The summed E-state index contributed by atoms with van der Waals surface area (Å²) in [5.74, 6) is 0.611. The maximum Gasteiger partial charge on any atom is 0.138 e. The quantitative estimate of drug-likeness (QED) is 0.772. The van der Waals surface area contributed by atoms with Crippen LogP contribution in [0.2, 0.25) is 15.1 Å². The monoisotopic (exact) mass is 343 g/mol. The van der Waals surface area contributed by atoms with E-state index in [1.54, 1.807) is 18.2 Å². The van der Waals surface area contributed by atoms with Gasteiger partial charge in [0.05, 0.1) is 5.02 Å². The van der Waals surface area contributed by atoms with E-state index in [1.165, 1.54) is 0 Å². The van der Waals surface area contributed by atoms with Gasteiger partial charge in [-0.1, -0.05) is 46.9 Å². The van der Waals surface area contributed by atoms with E-state index < -0.39 is 0 Å². The highest BCUT2D eigenvalue weighted by Crippen LogP contribution is 2.30. The molecule has 0 saturated carbocycles. The van der Waals surface area contributed by atoms with Crippen molar-refractivity contribution in [2.45, 2.75) is 19.6 Å². The summed E-state index contributed by atoms with van der Waals surface area (Å²) >= 11 is 18.5. The summed E-state index contributed by atoms with van der Waals surface area (Å²) in [5.41, 5.74) is 1.86. The van der Waals surface area contributed by atoms with Crippen LogP contribution in [0.3, 0.4) is 0 Å². The number of hydrogen-bond acceptors (Lipinski definition) is 2. The van der Waals surface area contributed by atoms with Gasteiger partial charge in [-0.05, 0) is 43.8 Å². The summed E-state index contributed by atoms with van der Waals surface area (Å²) in [6, 6.07) is 11.3. The summed E-state index contributed by atoms with van der Waals surface area (Å²) in [6.07, 6.45) is 0. The van der Waals surface area contributed by atoms with Crippen LogP contribution in [-0.4, -0.2) is 7.05 Å². The molecule has 1 N–H and O–H groups in total. The van der Waals surface area contributed by atoms with E-state index in [2.05, 4.69) is 12.2 Å². The van der Waals surface area contributed by atoms with Crippen molar-refractivity contribution >= 4 is 34.8 Å². The Kier molecular flexibility index (Phi) is 5.77. The SMILES string of the molecule is CNC(C)c1ccc(OCc2c(Cl)cccc2Cl)c(Cl)c1. The summed E-state index contributed by atoms with van der Waals surface area (Å²) in [7, 11) is 1.91. The van der Waals surface area contributed by atoms with Crippen molar-refractivity contribution in [3.63, 3.8) is 0 Å². The molecule has 0 heterocycles. The second kappa shape index (κ2) is 7.37. The highest BCUT2D eigenvalue weighted by molar-refractivity contribution is 6.36. The van der Waals surface area contributed by atoms with Gasteiger partial charge >= 0.3 is 0 Å². The minimum absolute atomic E-state index is 0.231. The second-order valence-corrected chi connectivity index (χ2v) is 5.91. The molecule has 0 aromatic heterocycles. The van der Waals surface area contributed by atoms with Gasteiger partial charge in [0.1, 0.15) is 12.4 Å². The molecule has 0 aliphatic heterocycles. The molecule has 2 aromatic rings. The van der Waals surface area contributed by atoms with E-state index in [9.17, 15) is 0 Å². The molecular weight excluding hydrogens is 329 g/mol. The topological polar surface area (TPSA) is 21.3 Å². The summed E-state index contributed by atoms with van der Waals surface area (Å²) < 4.78 is 5.73. The van der Waals surface area contributed by atoms with Crippen molar-refractivity contribution in [1.29, 1.82) is 0 Å². The Labute approximate surface area is 140 Å². The number of halogens is 3. The fourth-order valence-electron chi connectivity index (χ4n) is 1.89. The van der Waals surface area contributed by atoms with Crippen LogP contribution < -0.4 is 10.1 Å². The smallest absolute Gasteiger partial charge is 0.138 e. The molecule has 1 unspecified atom stereocenters. The van der Waals surface area contributed by atoms with Crippen LogP contribution in [0.5, 0.6) is 5.75 Å². The van der Waals surface area contributed by atoms with E-state index in [-0.39, 0.29) is 12.6 Å². The van der Waals surface area contributed by atoms with Gasteiger partial charge in [0, 0.05) is 21.7 Å². The van der Waals surface area contributed by atoms with Crippen molar-refractivity contribution in [3.8, 4) is 5.75 Å². The molecule has 2 rings (SSSR count). The minimum Gasteiger partial charge on any atom is -0.487 e. The zero-order chi connectivity index (χ0) is 15.4. The molecule has 2 nitrogen and oxygen atoms in total. The lowest BCUT2D eigenvalue weighted by molar-refractivity contribution is 0.306. The molecule has 0 spiro atoms. The first-order chi connectivity index (χ1) is 10.0. The molecule has 0 fully saturated rings. The molecule has 5 heteroatoms. The molecule has 112 valence electrons. The van der Waals surface area contributed by atoms with E-state index >= 15 is 0 Å².